The number of anilines is 1. The van der Waals surface area contributed by atoms with Crippen molar-refractivity contribution in [1.82, 2.24) is 0 Å². The Morgan fingerprint density at radius 3 is 2.53 bits per heavy atom. The number of carbonyl (C=O) groups excluding carboxylic acids is 2. The predicted octanol–water partition coefficient (Wildman–Crippen LogP) is 2.28. The number of nitrogen functional groups attached to an aromatic ring is 1. The lowest BCUT2D eigenvalue weighted by Gasteiger charge is -2.20. The summed E-state index contributed by atoms with van der Waals surface area (Å²) >= 11 is 5.81. The second kappa shape index (κ2) is 5.93. The minimum Gasteiger partial charge on any atom is -0.469 e. The molecule has 1 rings (SSSR count). The normalized spacial score (nSPS) is 10.9. The molecule has 1 aromatic carbocycles. The molecule has 0 fully saturated rings. The smallest absolute Gasteiger partial charge is 0.338 e. The standard InChI is InChI=1S/C13H16ClNO4/c1-13(2,12(17)18-3)7-19-11(16)8-4-5-10(15)9(14)6-8/h4-6H,7,15H2,1-3H3. The molecule has 0 bridgehead atoms. The van der Waals surface area contributed by atoms with Crippen LogP contribution in [0.3, 0.4) is 0 Å². The highest BCUT2D eigenvalue weighted by Gasteiger charge is 2.30. The number of hydrogen-bond acceptors (Lipinski definition) is 5. The summed E-state index contributed by atoms with van der Waals surface area (Å²) in [6.07, 6.45) is 0. The van der Waals surface area contributed by atoms with Gasteiger partial charge in [0, 0.05) is 0 Å². The third-order valence-electron chi connectivity index (χ3n) is 2.54. The monoisotopic (exact) mass is 285 g/mol. The van der Waals surface area contributed by atoms with Crippen LogP contribution in [0.5, 0.6) is 0 Å². The molecule has 0 saturated carbocycles. The van der Waals surface area contributed by atoms with Crippen molar-refractivity contribution in [2.24, 2.45) is 5.41 Å². The first-order chi connectivity index (χ1) is 8.77. The van der Waals surface area contributed by atoms with Gasteiger partial charge in [0.1, 0.15) is 6.61 Å². The Balaban J connectivity index is 2.70. The molecular weight excluding hydrogens is 270 g/mol. The summed E-state index contributed by atoms with van der Waals surface area (Å²) in [4.78, 5) is 23.2. The summed E-state index contributed by atoms with van der Waals surface area (Å²) in [6.45, 7) is 3.17. The van der Waals surface area contributed by atoms with Crippen LogP contribution < -0.4 is 5.73 Å². The number of rotatable bonds is 4. The molecule has 0 amide bonds. The number of esters is 2. The Kier molecular flexibility index (Phi) is 4.78. The summed E-state index contributed by atoms with van der Waals surface area (Å²) < 4.78 is 9.69. The van der Waals surface area contributed by atoms with Crippen LogP contribution in [0, 0.1) is 5.41 Å². The number of methoxy groups -OCH3 is 1. The Hall–Kier alpha value is -1.75. The minimum absolute atomic E-state index is 0.0828. The average molecular weight is 286 g/mol. The third-order valence-corrected chi connectivity index (χ3v) is 2.87. The fourth-order valence-electron chi connectivity index (χ4n) is 1.32. The van der Waals surface area contributed by atoms with Crippen LogP contribution in [-0.4, -0.2) is 25.7 Å². The Morgan fingerprint density at radius 2 is 2.00 bits per heavy atom. The number of benzene rings is 1. The van der Waals surface area contributed by atoms with Gasteiger partial charge in [-0.2, -0.15) is 0 Å². The molecule has 2 N–H and O–H groups in total. The second-order valence-corrected chi connectivity index (χ2v) is 5.10. The van der Waals surface area contributed by atoms with Crippen molar-refractivity contribution in [1.29, 1.82) is 0 Å². The number of nitrogens with two attached hydrogens (primary N) is 1. The van der Waals surface area contributed by atoms with E-state index in [4.69, 9.17) is 22.1 Å². The topological polar surface area (TPSA) is 78.6 Å². The molecule has 104 valence electrons. The molecule has 0 spiro atoms. The van der Waals surface area contributed by atoms with Crippen molar-refractivity contribution in [3.63, 3.8) is 0 Å². The van der Waals surface area contributed by atoms with Crippen molar-refractivity contribution in [3.8, 4) is 0 Å². The molecule has 0 radical (unpaired) electrons. The fourth-order valence-corrected chi connectivity index (χ4v) is 1.50. The average Bonchev–Trinajstić information content (AvgIpc) is 2.38. The number of ether oxygens (including phenoxy) is 2. The van der Waals surface area contributed by atoms with Gasteiger partial charge in [-0.15, -0.1) is 0 Å². The van der Waals surface area contributed by atoms with Crippen LogP contribution in [-0.2, 0) is 14.3 Å². The van der Waals surface area contributed by atoms with E-state index in [2.05, 4.69) is 4.74 Å². The van der Waals surface area contributed by atoms with Gasteiger partial charge in [0.15, 0.2) is 0 Å². The van der Waals surface area contributed by atoms with Crippen molar-refractivity contribution < 1.29 is 19.1 Å². The van der Waals surface area contributed by atoms with Gasteiger partial charge in [-0.1, -0.05) is 11.6 Å². The van der Waals surface area contributed by atoms with Gasteiger partial charge in [0.25, 0.3) is 0 Å². The van der Waals surface area contributed by atoms with Gasteiger partial charge in [-0.3, -0.25) is 4.79 Å². The van der Waals surface area contributed by atoms with E-state index < -0.39 is 17.4 Å². The summed E-state index contributed by atoms with van der Waals surface area (Å²) in [6, 6.07) is 4.45. The first kappa shape index (κ1) is 15.3. The molecule has 0 unspecified atom stereocenters. The molecule has 6 heteroatoms. The maximum absolute atomic E-state index is 11.8. The molecule has 0 heterocycles. The minimum atomic E-state index is -0.901. The molecular formula is C13H16ClNO4. The highest BCUT2D eigenvalue weighted by molar-refractivity contribution is 6.33. The zero-order valence-corrected chi connectivity index (χ0v) is 11.8. The SMILES string of the molecule is COC(=O)C(C)(C)COC(=O)c1ccc(N)c(Cl)c1. The van der Waals surface area contributed by atoms with E-state index in [-0.39, 0.29) is 17.2 Å². The summed E-state index contributed by atoms with van der Waals surface area (Å²) in [7, 11) is 1.28. The van der Waals surface area contributed by atoms with Gasteiger partial charge in [-0.25, -0.2) is 4.79 Å². The van der Waals surface area contributed by atoms with E-state index >= 15 is 0 Å². The molecule has 0 aromatic heterocycles. The lowest BCUT2D eigenvalue weighted by molar-refractivity contribution is -0.152. The predicted molar refractivity (Wildman–Crippen MR) is 71.9 cm³/mol. The fraction of sp³-hybridized carbons (Fsp3) is 0.385. The number of carbonyl (C=O) groups is 2. The maximum atomic E-state index is 11.8. The quantitative estimate of drug-likeness (QED) is 0.678. The van der Waals surface area contributed by atoms with Crippen LogP contribution >= 0.6 is 11.6 Å². The lowest BCUT2D eigenvalue weighted by Crippen LogP contribution is -2.31. The zero-order chi connectivity index (χ0) is 14.6. The van der Waals surface area contributed by atoms with Crippen LogP contribution in [0.2, 0.25) is 5.02 Å². The van der Waals surface area contributed by atoms with E-state index in [1.54, 1.807) is 13.8 Å². The Labute approximate surface area is 116 Å². The largest absolute Gasteiger partial charge is 0.469 e. The molecule has 19 heavy (non-hydrogen) atoms. The van der Waals surface area contributed by atoms with Gasteiger partial charge >= 0.3 is 11.9 Å². The molecule has 0 aliphatic heterocycles. The molecule has 0 atom stereocenters. The summed E-state index contributed by atoms with van der Waals surface area (Å²) in [5, 5.41) is 0.279. The van der Waals surface area contributed by atoms with Crippen LogP contribution in [0.15, 0.2) is 18.2 Å². The number of hydrogen-bond donors (Lipinski definition) is 1. The zero-order valence-electron chi connectivity index (χ0n) is 11.0. The summed E-state index contributed by atoms with van der Waals surface area (Å²) in [5.41, 5.74) is 5.30. The van der Waals surface area contributed by atoms with Crippen LogP contribution in [0.4, 0.5) is 5.69 Å². The van der Waals surface area contributed by atoms with E-state index in [1.807, 2.05) is 0 Å². The van der Waals surface area contributed by atoms with Crippen LogP contribution in [0.1, 0.15) is 24.2 Å². The highest BCUT2D eigenvalue weighted by Crippen LogP contribution is 2.22. The van der Waals surface area contributed by atoms with Crippen LogP contribution in [0.25, 0.3) is 0 Å². The molecule has 0 aliphatic carbocycles. The van der Waals surface area contributed by atoms with Gasteiger partial charge < -0.3 is 15.2 Å². The molecule has 5 nitrogen and oxygen atoms in total. The van der Waals surface area contributed by atoms with Crippen molar-refractivity contribution >= 4 is 29.2 Å². The molecule has 0 saturated heterocycles. The first-order valence-corrected chi connectivity index (χ1v) is 5.96. The van der Waals surface area contributed by atoms with E-state index in [0.29, 0.717) is 5.69 Å². The van der Waals surface area contributed by atoms with E-state index in [0.717, 1.165) is 0 Å². The Morgan fingerprint density at radius 1 is 1.37 bits per heavy atom. The van der Waals surface area contributed by atoms with Crippen molar-refractivity contribution in [3.05, 3.63) is 28.8 Å². The lowest BCUT2D eigenvalue weighted by atomic mass is 9.95. The highest BCUT2D eigenvalue weighted by atomic mass is 35.5. The first-order valence-electron chi connectivity index (χ1n) is 5.58. The molecule has 0 aliphatic rings. The molecule has 1 aromatic rings. The van der Waals surface area contributed by atoms with Crippen molar-refractivity contribution in [2.75, 3.05) is 19.5 Å². The van der Waals surface area contributed by atoms with Gasteiger partial charge in [0.2, 0.25) is 0 Å². The second-order valence-electron chi connectivity index (χ2n) is 4.69. The van der Waals surface area contributed by atoms with E-state index in [1.165, 1.54) is 25.3 Å². The van der Waals surface area contributed by atoms with Gasteiger partial charge in [0.05, 0.1) is 28.8 Å². The van der Waals surface area contributed by atoms with E-state index in [9.17, 15) is 9.59 Å². The van der Waals surface area contributed by atoms with Crippen molar-refractivity contribution in [2.45, 2.75) is 13.8 Å². The summed E-state index contributed by atoms with van der Waals surface area (Å²) in [5.74, 6) is -1.02. The Bertz CT molecular complexity index is 499. The van der Waals surface area contributed by atoms with Gasteiger partial charge in [-0.05, 0) is 32.0 Å². The number of halogens is 1. The maximum Gasteiger partial charge on any atom is 0.338 e. The third kappa shape index (κ3) is 3.86.